The number of carbonyl (C=O) groups is 1. The number of ether oxygens (including phenoxy) is 1. The number of likely N-dealkylation sites (N-methyl/N-ethyl adjacent to an activating group) is 1. The first-order chi connectivity index (χ1) is 16.3. The van der Waals surface area contributed by atoms with Crippen LogP contribution in [-0.2, 0) is 4.79 Å². The Bertz CT molecular complexity index is 1350. The summed E-state index contributed by atoms with van der Waals surface area (Å²) in [4.78, 5) is 29.3. The number of Topliss-reactive ketones (excluding diaryl/α,β-unsaturated/α-hetero) is 1. The maximum atomic E-state index is 12.1. The van der Waals surface area contributed by atoms with Gasteiger partial charge in [0.25, 0.3) is 0 Å². The van der Waals surface area contributed by atoms with Gasteiger partial charge in [0.05, 0.1) is 30.4 Å². The first kappa shape index (κ1) is 22.3. The van der Waals surface area contributed by atoms with Crippen molar-refractivity contribution in [2.24, 2.45) is 5.92 Å². The lowest BCUT2D eigenvalue weighted by atomic mass is 9.94. The lowest BCUT2D eigenvalue weighted by Gasteiger charge is -2.40. The highest BCUT2D eigenvalue weighted by Crippen LogP contribution is 2.37. The second kappa shape index (κ2) is 8.72. The number of carbonyl (C=O) groups excluding carboxylic acids is 1. The van der Waals surface area contributed by atoms with Crippen LogP contribution < -0.4 is 9.64 Å². The van der Waals surface area contributed by atoms with Gasteiger partial charge in [-0.05, 0) is 38.2 Å². The Morgan fingerprint density at radius 3 is 2.79 bits per heavy atom. The zero-order chi connectivity index (χ0) is 24.0. The summed E-state index contributed by atoms with van der Waals surface area (Å²) < 4.78 is 7.30. The minimum absolute atomic E-state index is 0.261. The van der Waals surface area contributed by atoms with Crippen molar-refractivity contribution >= 4 is 28.3 Å². The molecule has 5 heterocycles. The molecule has 178 valence electrons. The molecule has 9 nitrogen and oxygen atoms in total. The number of hydrogen-bond donors (Lipinski definition) is 1. The maximum Gasteiger partial charge on any atom is 0.197 e. The van der Waals surface area contributed by atoms with E-state index in [2.05, 4.69) is 45.9 Å². The molecule has 0 amide bonds. The number of nitrogens with zero attached hydrogens (tertiary/aromatic N) is 6. The number of anilines is 1. The molecule has 0 radical (unpaired) electrons. The number of aromatic nitrogens is 5. The number of pyridine rings is 2. The molecular formula is C25H31N7O2. The molecule has 0 aromatic carbocycles. The second-order valence-electron chi connectivity index (χ2n) is 9.71. The molecule has 34 heavy (non-hydrogen) atoms. The summed E-state index contributed by atoms with van der Waals surface area (Å²) >= 11 is 0. The summed E-state index contributed by atoms with van der Waals surface area (Å²) in [6, 6.07) is 6.15. The van der Waals surface area contributed by atoms with Gasteiger partial charge in [0.1, 0.15) is 17.9 Å². The van der Waals surface area contributed by atoms with Crippen LogP contribution >= 0.6 is 0 Å². The molecule has 1 aliphatic rings. The molecule has 0 atom stereocenters. The van der Waals surface area contributed by atoms with Crippen LogP contribution in [0.15, 0.2) is 30.7 Å². The molecule has 1 saturated heterocycles. The molecule has 4 aromatic rings. The zero-order valence-corrected chi connectivity index (χ0v) is 20.4. The number of aromatic amines is 1. The summed E-state index contributed by atoms with van der Waals surface area (Å²) in [5.74, 6) is 2.60. The minimum atomic E-state index is 0.261. The molecule has 0 bridgehead atoms. The Kier molecular flexibility index (Phi) is 5.73. The first-order valence-corrected chi connectivity index (χ1v) is 11.7. The van der Waals surface area contributed by atoms with Gasteiger partial charge in [0, 0.05) is 42.8 Å². The largest absolute Gasteiger partial charge is 0.493 e. The third-order valence-electron chi connectivity index (χ3n) is 6.38. The highest BCUT2D eigenvalue weighted by Gasteiger charge is 2.30. The van der Waals surface area contributed by atoms with E-state index in [1.165, 1.54) is 6.33 Å². The van der Waals surface area contributed by atoms with E-state index in [9.17, 15) is 4.79 Å². The van der Waals surface area contributed by atoms with Crippen LogP contribution in [0.3, 0.4) is 0 Å². The van der Waals surface area contributed by atoms with Crippen LogP contribution in [-0.4, -0.2) is 76.1 Å². The van der Waals surface area contributed by atoms with E-state index in [-0.39, 0.29) is 5.92 Å². The summed E-state index contributed by atoms with van der Waals surface area (Å²) in [7, 11) is 5.51. The van der Waals surface area contributed by atoms with E-state index < -0.39 is 0 Å². The number of hydrogen-bond acceptors (Lipinski definition) is 7. The van der Waals surface area contributed by atoms with Crippen molar-refractivity contribution in [1.82, 2.24) is 29.5 Å². The first-order valence-electron chi connectivity index (χ1n) is 11.7. The van der Waals surface area contributed by atoms with Gasteiger partial charge in [-0.15, -0.1) is 0 Å². The van der Waals surface area contributed by atoms with Crippen molar-refractivity contribution < 1.29 is 9.53 Å². The fourth-order valence-electron chi connectivity index (χ4n) is 4.85. The highest BCUT2D eigenvalue weighted by molar-refractivity contribution is 5.90. The molecule has 9 heteroatoms. The SMILES string of the molecule is COc1cc(-c2[nH]c3ccc(N4CC(CC(=O)CN(C)C)C4)nc3c2C(C)C)cn2ncnc12. The number of H-pyrrole nitrogens is 1. The highest BCUT2D eigenvalue weighted by atomic mass is 16.5. The van der Waals surface area contributed by atoms with Gasteiger partial charge in [-0.2, -0.15) is 5.10 Å². The minimum Gasteiger partial charge on any atom is -0.493 e. The van der Waals surface area contributed by atoms with E-state index in [1.54, 1.807) is 11.6 Å². The quantitative estimate of drug-likeness (QED) is 0.430. The molecule has 0 saturated carbocycles. The lowest BCUT2D eigenvalue weighted by Crippen LogP contribution is -2.48. The van der Waals surface area contributed by atoms with Crippen molar-refractivity contribution in [3.05, 3.63) is 36.3 Å². The molecule has 0 aliphatic carbocycles. The van der Waals surface area contributed by atoms with Gasteiger partial charge in [-0.25, -0.2) is 14.5 Å². The standard InChI is InChI=1S/C25H31N7O2/c1-15(2)22-23(17-9-20(34-5)25-26-14-27-32(25)12-17)28-19-6-7-21(29-24(19)22)31-10-16(11-31)8-18(33)13-30(3)4/h6-7,9,12,14-16,28H,8,10-11,13H2,1-5H3. The summed E-state index contributed by atoms with van der Waals surface area (Å²) in [5.41, 5.74) is 5.81. The summed E-state index contributed by atoms with van der Waals surface area (Å²) in [5, 5.41) is 4.30. The van der Waals surface area contributed by atoms with Gasteiger partial charge in [-0.1, -0.05) is 13.8 Å². The predicted octanol–water partition coefficient (Wildman–Crippen LogP) is 3.36. The predicted molar refractivity (Wildman–Crippen MR) is 133 cm³/mol. The van der Waals surface area contributed by atoms with Crippen LogP contribution in [0.1, 0.15) is 31.7 Å². The molecule has 0 unspecified atom stereocenters. The monoisotopic (exact) mass is 461 g/mol. The lowest BCUT2D eigenvalue weighted by molar-refractivity contribution is -0.120. The van der Waals surface area contributed by atoms with Crippen molar-refractivity contribution in [2.45, 2.75) is 26.2 Å². The van der Waals surface area contributed by atoms with Crippen LogP contribution in [0.2, 0.25) is 0 Å². The van der Waals surface area contributed by atoms with Crippen LogP contribution in [0.4, 0.5) is 5.82 Å². The summed E-state index contributed by atoms with van der Waals surface area (Å²) in [6.07, 6.45) is 4.13. The van der Waals surface area contributed by atoms with Crippen molar-refractivity contribution in [2.75, 3.05) is 45.7 Å². The van der Waals surface area contributed by atoms with Crippen molar-refractivity contribution in [3.63, 3.8) is 0 Å². The maximum absolute atomic E-state index is 12.1. The van der Waals surface area contributed by atoms with Crippen LogP contribution in [0.5, 0.6) is 5.75 Å². The van der Waals surface area contributed by atoms with E-state index in [0.29, 0.717) is 36.1 Å². The number of fused-ring (bicyclic) bond motifs is 2. The van der Waals surface area contributed by atoms with Crippen molar-refractivity contribution in [3.8, 4) is 17.0 Å². The van der Waals surface area contributed by atoms with Crippen molar-refractivity contribution in [1.29, 1.82) is 0 Å². The number of methoxy groups -OCH3 is 1. The Labute approximate surface area is 198 Å². The molecule has 1 fully saturated rings. The van der Waals surface area contributed by atoms with Crippen LogP contribution in [0, 0.1) is 5.92 Å². The molecule has 0 spiro atoms. The molecule has 4 aromatic heterocycles. The average Bonchev–Trinajstić information content (AvgIpc) is 3.38. The van der Waals surface area contributed by atoms with Gasteiger partial charge in [0.2, 0.25) is 0 Å². The number of rotatable bonds is 8. The van der Waals surface area contributed by atoms with E-state index in [4.69, 9.17) is 9.72 Å². The third-order valence-corrected chi connectivity index (χ3v) is 6.38. The molecule has 1 aliphatic heterocycles. The summed E-state index contributed by atoms with van der Waals surface area (Å²) in [6.45, 7) is 6.61. The number of ketones is 1. The topological polar surface area (TPSA) is 91.7 Å². The second-order valence-corrected chi connectivity index (χ2v) is 9.71. The fraction of sp³-hybridized carbons (Fsp3) is 0.440. The molecule has 1 N–H and O–H groups in total. The van der Waals surface area contributed by atoms with Gasteiger partial charge in [-0.3, -0.25) is 4.79 Å². The molecular weight excluding hydrogens is 430 g/mol. The van der Waals surface area contributed by atoms with Gasteiger partial charge < -0.3 is 19.5 Å². The average molecular weight is 462 g/mol. The third kappa shape index (κ3) is 4.00. The Hall–Kier alpha value is -3.46. The Balaban J connectivity index is 1.45. The molecule has 5 rings (SSSR count). The fourth-order valence-corrected chi connectivity index (χ4v) is 4.85. The van der Waals surface area contributed by atoms with E-state index >= 15 is 0 Å². The smallest absolute Gasteiger partial charge is 0.197 e. The zero-order valence-electron chi connectivity index (χ0n) is 20.4. The Morgan fingerprint density at radius 2 is 2.09 bits per heavy atom. The number of nitrogens with one attached hydrogen (secondary N) is 1. The Morgan fingerprint density at radius 1 is 1.29 bits per heavy atom. The van der Waals surface area contributed by atoms with E-state index in [1.807, 2.05) is 31.3 Å². The van der Waals surface area contributed by atoms with Crippen LogP contribution in [0.25, 0.3) is 27.9 Å². The van der Waals surface area contributed by atoms with Gasteiger partial charge in [0.15, 0.2) is 11.4 Å². The normalized spacial score (nSPS) is 14.5. The van der Waals surface area contributed by atoms with E-state index in [0.717, 1.165) is 46.8 Å². The van der Waals surface area contributed by atoms with Gasteiger partial charge >= 0.3 is 0 Å².